The van der Waals surface area contributed by atoms with Crippen molar-refractivity contribution in [2.24, 2.45) is 0 Å². The molecule has 5 nitrogen and oxygen atoms in total. The van der Waals surface area contributed by atoms with Crippen molar-refractivity contribution in [3.63, 3.8) is 0 Å². The zero-order valence-electron chi connectivity index (χ0n) is 13.5. The van der Waals surface area contributed by atoms with E-state index in [1.165, 1.54) is 6.92 Å². The first kappa shape index (κ1) is 16.9. The van der Waals surface area contributed by atoms with Crippen LogP contribution in [0.4, 0.5) is 0 Å². The van der Waals surface area contributed by atoms with E-state index in [0.717, 1.165) is 6.54 Å². The van der Waals surface area contributed by atoms with Crippen molar-refractivity contribution in [3.05, 3.63) is 29.8 Å². The number of ketones is 1. The molecule has 0 spiro atoms. The number of rotatable bonds is 6. The Hall–Kier alpha value is -1.43. The molecule has 1 aromatic rings. The quantitative estimate of drug-likeness (QED) is 0.811. The smallest absolute Gasteiger partial charge is 0.159 e. The highest BCUT2D eigenvalue weighted by Gasteiger charge is 2.25. The summed E-state index contributed by atoms with van der Waals surface area (Å²) in [6.07, 6.45) is -0.384. The van der Waals surface area contributed by atoms with Gasteiger partial charge in [-0.05, 0) is 32.9 Å². The van der Waals surface area contributed by atoms with Crippen LogP contribution < -0.4 is 4.74 Å². The third-order valence-corrected chi connectivity index (χ3v) is 3.87. The van der Waals surface area contributed by atoms with Gasteiger partial charge in [0.2, 0.25) is 0 Å². The Balaban J connectivity index is 1.83. The summed E-state index contributed by atoms with van der Waals surface area (Å²) in [6.45, 7) is 7.92. The van der Waals surface area contributed by atoms with E-state index in [-0.39, 0.29) is 18.5 Å². The zero-order valence-corrected chi connectivity index (χ0v) is 13.5. The molecule has 3 atom stereocenters. The number of benzene rings is 1. The maximum atomic E-state index is 11.3. The SMILES string of the molecule is CC(=O)c1cccc(OC[C@H](O)CN2C[C@@H](C)OC[C@H]2C)c1. The minimum Gasteiger partial charge on any atom is -0.491 e. The summed E-state index contributed by atoms with van der Waals surface area (Å²) in [6, 6.07) is 7.33. The van der Waals surface area contributed by atoms with E-state index < -0.39 is 6.10 Å². The Morgan fingerprint density at radius 3 is 3.00 bits per heavy atom. The second-order valence-electron chi connectivity index (χ2n) is 6.00. The van der Waals surface area contributed by atoms with Gasteiger partial charge in [-0.25, -0.2) is 0 Å². The molecule has 22 heavy (non-hydrogen) atoms. The van der Waals surface area contributed by atoms with Crippen LogP contribution >= 0.6 is 0 Å². The molecule has 1 heterocycles. The number of aliphatic hydroxyl groups is 1. The van der Waals surface area contributed by atoms with E-state index in [4.69, 9.17) is 9.47 Å². The van der Waals surface area contributed by atoms with Gasteiger partial charge in [-0.3, -0.25) is 9.69 Å². The Kier molecular flexibility index (Phi) is 5.94. The lowest BCUT2D eigenvalue weighted by Crippen LogP contribution is -2.50. The summed E-state index contributed by atoms with van der Waals surface area (Å²) in [5.41, 5.74) is 0.614. The molecule has 5 heteroatoms. The molecule has 1 fully saturated rings. The summed E-state index contributed by atoms with van der Waals surface area (Å²) in [5.74, 6) is 0.609. The van der Waals surface area contributed by atoms with Crippen molar-refractivity contribution in [2.75, 3.05) is 26.3 Å². The summed E-state index contributed by atoms with van der Waals surface area (Å²) in [5, 5.41) is 10.2. The summed E-state index contributed by atoms with van der Waals surface area (Å²) >= 11 is 0. The van der Waals surface area contributed by atoms with Crippen LogP contribution in [0.1, 0.15) is 31.1 Å². The highest BCUT2D eigenvalue weighted by atomic mass is 16.5. The maximum absolute atomic E-state index is 11.3. The lowest BCUT2D eigenvalue weighted by molar-refractivity contribution is -0.0650. The molecule has 1 aliphatic heterocycles. The molecule has 2 rings (SSSR count). The fourth-order valence-electron chi connectivity index (χ4n) is 2.55. The van der Waals surface area contributed by atoms with Gasteiger partial charge in [-0.15, -0.1) is 0 Å². The van der Waals surface area contributed by atoms with E-state index in [0.29, 0.717) is 30.5 Å². The third-order valence-electron chi connectivity index (χ3n) is 3.87. The minimum absolute atomic E-state index is 0.00197. The van der Waals surface area contributed by atoms with Crippen LogP contribution in [-0.2, 0) is 4.74 Å². The monoisotopic (exact) mass is 307 g/mol. The number of hydrogen-bond donors (Lipinski definition) is 1. The molecule has 0 unspecified atom stereocenters. The predicted octanol–water partition coefficient (Wildman–Crippen LogP) is 1.74. The van der Waals surface area contributed by atoms with Crippen LogP contribution in [-0.4, -0.2) is 60.3 Å². The number of carbonyl (C=O) groups is 1. The van der Waals surface area contributed by atoms with Crippen molar-refractivity contribution in [1.29, 1.82) is 0 Å². The van der Waals surface area contributed by atoms with Gasteiger partial charge in [-0.2, -0.15) is 0 Å². The van der Waals surface area contributed by atoms with Crippen LogP contribution in [0.15, 0.2) is 24.3 Å². The molecule has 1 N–H and O–H groups in total. The zero-order chi connectivity index (χ0) is 16.1. The third kappa shape index (κ3) is 4.80. The molecule has 0 aromatic heterocycles. The number of aliphatic hydroxyl groups excluding tert-OH is 1. The van der Waals surface area contributed by atoms with Gasteiger partial charge in [-0.1, -0.05) is 12.1 Å². The molecule has 122 valence electrons. The van der Waals surface area contributed by atoms with Gasteiger partial charge in [0.05, 0.1) is 12.7 Å². The van der Waals surface area contributed by atoms with Crippen molar-refractivity contribution in [3.8, 4) is 5.75 Å². The Morgan fingerprint density at radius 1 is 1.50 bits per heavy atom. The summed E-state index contributed by atoms with van der Waals surface area (Å²) in [4.78, 5) is 13.6. The second kappa shape index (κ2) is 7.72. The van der Waals surface area contributed by atoms with E-state index >= 15 is 0 Å². The molecule has 0 amide bonds. The van der Waals surface area contributed by atoms with Gasteiger partial charge in [0.1, 0.15) is 18.5 Å². The molecule has 1 saturated heterocycles. The summed E-state index contributed by atoms with van der Waals surface area (Å²) < 4.78 is 11.2. The van der Waals surface area contributed by atoms with Gasteiger partial charge >= 0.3 is 0 Å². The Morgan fingerprint density at radius 2 is 2.27 bits per heavy atom. The van der Waals surface area contributed by atoms with Crippen LogP contribution in [0.25, 0.3) is 0 Å². The molecule has 0 radical (unpaired) electrons. The number of Topliss-reactive ketones (excluding diaryl/α,β-unsaturated/α-hetero) is 1. The molecule has 1 aromatic carbocycles. The van der Waals surface area contributed by atoms with Crippen LogP contribution in [0, 0.1) is 0 Å². The first-order valence-electron chi connectivity index (χ1n) is 7.73. The Bertz CT molecular complexity index is 505. The molecule has 1 aliphatic rings. The van der Waals surface area contributed by atoms with Crippen LogP contribution in [0.5, 0.6) is 5.75 Å². The number of ether oxygens (including phenoxy) is 2. The topological polar surface area (TPSA) is 59.0 Å². The number of carbonyl (C=O) groups excluding carboxylic acids is 1. The molecular formula is C17H25NO4. The highest BCUT2D eigenvalue weighted by molar-refractivity contribution is 5.94. The fraction of sp³-hybridized carbons (Fsp3) is 0.588. The van der Waals surface area contributed by atoms with Gasteiger partial charge in [0.15, 0.2) is 5.78 Å². The largest absolute Gasteiger partial charge is 0.491 e. The maximum Gasteiger partial charge on any atom is 0.159 e. The van der Waals surface area contributed by atoms with Gasteiger partial charge in [0, 0.05) is 24.7 Å². The van der Waals surface area contributed by atoms with Crippen molar-refractivity contribution < 1.29 is 19.4 Å². The van der Waals surface area contributed by atoms with E-state index in [2.05, 4.69) is 11.8 Å². The summed E-state index contributed by atoms with van der Waals surface area (Å²) in [7, 11) is 0. The lowest BCUT2D eigenvalue weighted by atomic mass is 10.1. The number of nitrogens with zero attached hydrogens (tertiary/aromatic N) is 1. The standard InChI is InChI=1S/C17H25NO4/c1-12-10-21-13(2)8-18(12)9-16(20)11-22-17-6-4-5-15(7-17)14(3)19/h4-7,12-13,16,20H,8-11H2,1-3H3/t12-,13-,16-/m1/s1. The van der Waals surface area contributed by atoms with Gasteiger partial charge in [0.25, 0.3) is 0 Å². The first-order valence-corrected chi connectivity index (χ1v) is 7.73. The van der Waals surface area contributed by atoms with Gasteiger partial charge < -0.3 is 14.6 Å². The van der Waals surface area contributed by atoms with Crippen molar-refractivity contribution >= 4 is 5.78 Å². The number of hydrogen-bond acceptors (Lipinski definition) is 5. The molecule has 0 aliphatic carbocycles. The number of β-amino-alcohol motifs (C(OH)–C–C–N with tert-alkyl or cyclic N) is 1. The van der Waals surface area contributed by atoms with Crippen molar-refractivity contribution in [1.82, 2.24) is 4.90 Å². The fourth-order valence-corrected chi connectivity index (χ4v) is 2.55. The van der Waals surface area contributed by atoms with Crippen LogP contribution in [0.3, 0.4) is 0 Å². The van der Waals surface area contributed by atoms with E-state index in [1.807, 2.05) is 6.92 Å². The minimum atomic E-state index is -0.575. The normalized spacial score (nSPS) is 24.0. The molecule has 0 saturated carbocycles. The molecular weight excluding hydrogens is 282 g/mol. The van der Waals surface area contributed by atoms with Crippen molar-refractivity contribution in [2.45, 2.75) is 39.0 Å². The first-order chi connectivity index (χ1) is 10.5. The van der Waals surface area contributed by atoms with E-state index in [1.54, 1.807) is 24.3 Å². The second-order valence-corrected chi connectivity index (χ2v) is 6.00. The number of morpholine rings is 1. The average Bonchev–Trinajstić information content (AvgIpc) is 2.49. The van der Waals surface area contributed by atoms with Crippen LogP contribution in [0.2, 0.25) is 0 Å². The average molecular weight is 307 g/mol. The highest BCUT2D eigenvalue weighted by Crippen LogP contribution is 2.15. The predicted molar refractivity (Wildman–Crippen MR) is 84.4 cm³/mol. The van der Waals surface area contributed by atoms with E-state index in [9.17, 15) is 9.90 Å². The Labute approximate surface area is 131 Å². The lowest BCUT2D eigenvalue weighted by Gasteiger charge is -2.37. The molecule has 0 bridgehead atoms.